The number of methoxy groups -OCH3 is 1. The molecule has 1 aliphatic carbocycles. The van der Waals surface area contributed by atoms with Gasteiger partial charge in [-0.3, -0.25) is 0 Å². The second-order valence-electron chi connectivity index (χ2n) is 3.31. The quantitative estimate of drug-likeness (QED) is 0.781. The molecule has 1 rings (SSSR count). The van der Waals surface area contributed by atoms with Crippen molar-refractivity contribution in [3.8, 4) is 0 Å². The third-order valence-electron chi connectivity index (χ3n) is 2.72. The smallest absolute Gasteiger partial charge is 0.288 e. The lowest BCUT2D eigenvalue weighted by atomic mass is 9.93. The van der Waals surface area contributed by atoms with Crippen LogP contribution in [0.15, 0.2) is 0 Å². The molecule has 1 fully saturated rings. The molecule has 5 heteroatoms. The molecule has 2 nitrogen and oxygen atoms in total. The summed E-state index contributed by atoms with van der Waals surface area (Å²) >= 11 is 0. The van der Waals surface area contributed by atoms with Gasteiger partial charge in [0.25, 0.3) is 5.92 Å². The van der Waals surface area contributed by atoms with E-state index >= 15 is 0 Å². The molecule has 0 aromatic rings. The van der Waals surface area contributed by atoms with Crippen molar-refractivity contribution in [2.45, 2.75) is 37.2 Å². The van der Waals surface area contributed by atoms with Crippen molar-refractivity contribution in [1.29, 1.82) is 0 Å². The van der Waals surface area contributed by atoms with Crippen LogP contribution in [-0.4, -0.2) is 25.2 Å². The van der Waals surface area contributed by atoms with Gasteiger partial charge < -0.3 is 10.5 Å². The van der Waals surface area contributed by atoms with Gasteiger partial charge in [0.2, 0.25) is 0 Å². The van der Waals surface area contributed by atoms with Crippen LogP contribution in [0, 0.1) is 0 Å². The van der Waals surface area contributed by atoms with E-state index in [0.717, 1.165) is 12.8 Å². The maximum absolute atomic E-state index is 13.3. The van der Waals surface area contributed by atoms with Crippen molar-refractivity contribution in [3.05, 3.63) is 0 Å². The van der Waals surface area contributed by atoms with E-state index in [9.17, 15) is 8.78 Å². The van der Waals surface area contributed by atoms with Crippen LogP contribution in [0.1, 0.15) is 25.7 Å². The molecule has 2 N–H and O–H groups in total. The zero-order valence-electron chi connectivity index (χ0n) is 7.69. The highest BCUT2D eigenvalue weighted by Gasteiger charge is 2.54. The fourth-order valence-electron chi connectivity index (χ4n) is 1.85. The highest BCUT2D eigenvalue weighted by molar-refractivity contribution is 5.85. The lowest BCUT2D eigenvalue weighted by Crippen LogP contribution is -2.52. The fraction of sp³-hybridized carbons (Fsp3) is 1.00. The standard InChI is InChI=1S/C8H15F2NO.ClH/c1-12-7(4-2-3-5-7)8(9,10)6-11;/h2-6,11H2,1H3;1H. The van der Waals surface area contributed by atoms with Gasteiger partial charge in [-0.25, -0.2) is 8.78 Å². The molecule has 0 aromatic carbocycles. The summed E-state index contributed by atoms with van der Waals surface area (Å²) in [4.78, 5) is 0. The summed E-state index contributed by atoms with van der Waals surface area (Å²) in [6, 6.07) is 0. The van der Waals surface area contributed by atoms with E-state index in [4.69, 9.17) is 10.5 Å². The summed E-state index contributed by atoms with van der Waals surface area (Å²) < 4.78 is 31.5. The highest BCUT2D eigenvalue weighted by atomic mass is 35.5. The zero-order chi connectivity index (χ0) is 9.24. The lowest BCUT2D eigenvalue weighted by molar-refractivity contribution is -0.187. The molecular weight excluding hydrogens is 200 g/mol. The van der Waals surface area contributed by atoms with E-state index < -0.39 is 18.1 Å². The van der Waals surface area contributed by atoms with Gasteiger partial charge >= 0.3 is 0 Å². The monoisotopic (exact) mass is 215 g/mol. The minimum absolute atomic E-state index is 0. The largest absolute Gasteiger partial charge is 0.372 e. The van der Waals surface area contributed by atoms with Crippen molar-refractivity contribution < 1.29 is 13.5 Å². The summed E-state index contributed by atoms with van der Waals surface area (Å²) in [5.41, 5.74) is 3.74. The van der Waals surface area contributed by atoms with Gasteiger partial charge in [-0.2, -0.15) is 0 Å². The predicted octanol–water partition coefficient (Wildman–Crippen LogP) is 1.96. The highest BCUT2D eigenvalue weighted by Crippen LogP contribution is 2.43. The molecule has 0 heterocycles. The number of alkyl halides is 2. The molecule has 0 atom stereocenters. The lowest BCUT2D eigenvalue weighted by Gasteiger charge is -2.35. The first kappa shape index (κ1) is 13.1. The molecule has 1 aliphatic rings. The zero-order valence-corrected chi connectivity index (χ0v) is 8.50. The van der Waals surface area contributed by atoms with Crippen molar-refractivity contribution in [2.75, 3.05) is 13.7 Å². The van der Waals surface area contributed by atoms with Crippen molar-refractivity contribution >= 4 is 12.4 Å². The third kappa shape index (κ3) is 2.11. The molecule has 0 saturated heterocycles. The van der Waals surface area contributed by atoms with Crippen LogP contribution >= 0.6 is 12.4 Å². The third-order valence-corrected chi connectivity index (χ3v) is 2.72. The maximum Gasteiger partial charge on any atom is 0.288 e. The van der Waals surface area contributed by atoms with Gasteiger partial charge in [-0.05, 0) is 12.8 Å². The number of hydrogen-bond acceptors (Lipinski definition) is 2. The van der Waals surface area contributed by atoms with Crippen LogP contribution in [0.3, 0.4) is 0 Å². The number of ether oxygens (including phenoxy) is 1. The predicted molar refractivity (Wildman–Crippen MR) is 49.5 cm³/mol. The summed E-state index contributed by atoms with van der Waals surface area (Å²) in [7, 11) is 1.34. The molecule has 1 saturated carbocycles. The topological polar surface area (TPSA) is 35.2 Å². The van der Waals surface area contributed by atoms with E-state index in [1.165, 1.54) is 7.11 Å². The maximum atomic E-state index is 13.3. The molecule has 80 valence electrons. The summed E-state index contributed by atoms with van der Waals surface area (Å²) in [5, 5.41) is 0. The molecule has 0 amide bonds. The Kier molecular flexibility index (Phi) is 4.55. The molecule has 0 bridgehead atoms. The van der Waals surface area contributed by atoms with E-state index in [-0.39, 0.29) is 12.4 Å². The van der Waals surface area contributed by atoms with Gasteiger partial charge in [-0.1, -0.05) is 12.8 Å². The SMILES string of the molecule is COC1(C(F)(F)CN)CCCC1.Cl. The summed E-state index contributed by atoms with van der Waals surface area (Å²) in [6.45, 7) is -0.624. The minimum Gasteiger partial charge on any atom is -0.372 e. The Morgan fingerprint density at radius 2 is 1.85 bits per heavy atom. The average Bonchev–Trinajstić information content (AvgIpc) is 2.53. The average molecular weight is 216 g/mol. The van der Waals surface area contributed by atoms with Gasteiger partial charge in [0.1, 0.15) is 5.60 Å². The Morgan fingerprint density at radius 3 is 2.15 bits per heavy atom. The van der Waals surface area contributed by atoms with E-state index in [2.05, 4.69) is 0 Å². The Balaban J connectivity index is 0.00000144. The van der Waals surface area contributed by atoms with E-state index in [1.807, 2.05) is 0 Å². The van der Waals surface area contributed by atoms with Crippen LogP contribution < -0.4 is 5.73 Å². The molecule has 13 heavy (non-hydrogen) atoms. The molecule has 0 spiro atoms. The van der Waals surface area contributed by atoms with Crippen molar-refractivity contribution in [1.82, 2.24) is 0 Å². The first-order valence-electron chi connectivity index (χ1n) is 4.21. The van der Waals surface area contributed by atoms with Crippen LogP contribution in [0.25, 0.3) is 0 Å². The Bertz CT molecular complexity index is 160. The second kappa shape index (κ2) is 4.53. The number of rotatable bonds is 3. The molecule has 0 aromatic heterocycles. The van der Waals surface area contributed by atoms with E-state index in [1.54, 1.807) is 0 Å². The van der Waals surface area contributed by atoms with Crippen LogP contribution in [0.4, 0.5) is 8.78 Å². The summed E-state index contributed by atoms with van der Waals surface area (Å²) in [5.74, 6) is -2.88. The van der Waals surface area contributed by atoms with Gasteiger partial charge in [0.15, 0.2) is 0 Å². The van der Waals surface area contributed by atoms with Gasteiger partial charge in [0.05, 0.1) is 6.54 Å². The number of hydrogen-bond donors (Lipinski definition) is 1. The van der Waals surface area contributed by atoms with E-state index in [0.29, 0.717) is 12.8 Å². The minimum atomic E-state index is -2.88. The Morgan fingerprint density at radius 1 is 1.38 bits per heavy atom. The van der Waals surface area contributed by atoms with Crippen LogP contribution in [0.2, 0.25) is 0 Å². The molecular formula is C8H16ClF2NO. The van der Waals surface area contributed by atoms with Gasteiger partial charge in [-0.15, -0.1) is 12.4 Å². The van der Waals surface area contributed by atoms with Crippen molar-refractivity contribution in [3.63, 3.8) is 0 Å². The van der Waals surface area contributed by atoms with Gasteiger partial charge in [0, 0.05) is 7.11 Å². The first-order chi connectivity index (χ1) is 5.58. The molecule has 0 aliphatic heterocycles. The number of halogens is 3. The van der Waals surface area contributed by atoms with Crippen LogP contribution in [0.5, 0.6) is 0 Å². The molecule has 0 unspecified atom stereocenters. The second-order valence-corrected chi connectivity index (χ2v) is 3.31. The number of nitrogens with two attached hydrogens (primary N) is 1. The Hall–Kier alpha value is 0.0700. The summed E-state index contributed by atoms with van der Waals surface area (Å²) in [6.07, 6.45) is 2.47. The molecule has 0 radical (unpaired) electrons. The Labute approximate surface area is 83.2 Å². The first-order valence-corrected chi connectivity index (χ1v) is 4.21. The van der Waals surface area contributed by atoms with Crippen LogP contribution in [-0.2, 0) is 4.74 Å². The van der Waals surface area contributed by atoms with Crippen molar-refractivity contribution in [2.24, 2.45) is 5.73 Å². The fourth-order valence-corrected chi connectivity index (χ4v) is 1.85. The normalized spacial score (nSPS) is 21.2.